The second kappa shape index (κ2) is 44.5. The van der Waals surface area contributed by atoms with Crippen LogP contribution in [0, 0.1) is 5.41 Å². The Labute approximate surface area is 456 Å². The van der Waals surface area contributed by atoms with Crippen molar-refractivity contribution in [1.29, 1.82) is 0 Å². The number of hydrogen-bond donors (Lipinski definition) is 0. The predicted octanol–water partition coefficient (Wildman–Crippen LogP) is 18.3. The van der Waals surface area contributed by atoms with Crippen molar-refractivity contribution in [2.45, 2.75) is 352 Å². The van der Waals surface area contributed by atoms with Gasteiger partial charge in [0.05, 0.1) is 0 Å². The summed E-state index contributed by atoms with van der Waals surface area (Å²) in [6.07, 6.45) is 37.4. The van der Waals surface area contributed by atoms with E-state index in [1.165, 1.54) is 140 Å². The van der Waals surface area contributed by atoms with Crippen molar-refractivity contribution in [1.82, 2.24) is 0 Å². The molecule has 0 spiro atoms. The Hall–Kier alpha value is -2.50. The van der Waals surface area contributed by atoms with Gasteiger partial charge in [-0.3, -0.25) is 19.2 Å². The standard InChI is InChI=1S/C61H111N3O9S/c1-7-11-15-19-23-27-31-35-39-43-53(65)69-49-51-57(71-54(66)44-40-36-32-28-24-20-16-12-8-2)58(72-55(67)45-41-37-33-29-25-21-17-13-9-3)59(73-56(68)46-42-38-34-30-26-22-18-14-10-4)60(70-51)74-52-47-50(63-64-62)48-61(52,5)6/h50-52,57-60H,7-49H2,1-6H3/t50-,51-,52-,57+,58+,59-,60+/m1/s1. The first-order chi connectivity index (χ1) is 36.0. The fourth-order valence-electron chi connectivity index (χ4n) is 10.7. The van der Waals surface area contributed by atoms with Crippen molar-refractivity contribution in [3.8, 4) is 0 Å². The molecule has 1 aliphatic heterocycles. The molecule has 13 heteroatoms. The summed E-state index contributed by atoms with van der Waals surface area (Å²) in [6, 6.07) is -0.221. The third-order valence-corrected chi connectivity index (χ3v) is 17.2. The summed E-state index contributed by atoms with van der Waals surface area (Å²) in [5, 5.41) is 4.02. The van der Waals surface area contributed by atoms with E-state index < -0.39 is 47.8 Å². The molecule has 0 aromatic carbocycles. The molecule has 2 fully saturated rings. The molecule has 0 unspecified atom stereocenters. The first kappa shape index (κ1) is 67.6. The minimum absolute atomic E-state index is 0.0829. The van der Waals surface area contributed by atoms with E-state index in [0.717, 1.165) is 77.0 Å². The Morgan fingerprint density at radius 1 is 0.486 bits per heavy atom. The number of thioether (sulfide) groups is 1. The zero-order valence-corrected chi connectivity index (χ0v) is 49.2. The van der Waals surface area contributed by atoms with Gasteiger partial charge in [-0.1, -0.05) is 252 Å². The lowest BCUT2D eigenvalue weighted by Gasteiger charge is -2.45. The van der Waals surface area contributed by atoms with Gasteiger partial charge in [0.2, 0.25) is 0 Å². The van der Waals surface area contributed by atoms with Crippen LogP contribution >= 0.6 is 11.8 Å². The van der Waals surface area contributed by atoms with E-state index in [0.29, 0.717) is 38.5 Å². The third kappa shape index (κ3) is 32.3. The summed E-state index contributed by atoms with van der Waals surface area (Å²) in [4.78, 5) is 58.7. The quantitative estimate of drug-likeness (QED) is 0.0143. The lowest BCUT2D eigenvalue weighted by atomic mass is 9.91. The highest BCUT2D eigenvalue weighted by Gasteiger charge is 2.55. The predicted molar refractivity (Wildman–Crippen MR) is 304 cm³/mol. The number of carbonyl (C=O) groups excluding carboxylic acids is 4. The van der Waals surface area contributed by atoms with Crippen LogP contribution in [0.4, 0.5) is 0 Å². The van der Waals surface area contributed by atoms with Crippen LogP contribution in [0.2, 0.25) is 0 Å². The number of azide groups is 1. The van der Waals surface area contributed by atoms with E-state index in [1.54, 1.807) is 0 Å². The molecular formula is C61H111N3O9S. The number of ether oxygens (including phenoxy) is 5. The fraction of sp³-hybridized carbons (Fsp3) is 0.934. The molecule has 1 saturated carbocycles. The zero-order chi connectivity index (χ0) is 53.9. The number of esters is 4. The van der Waals surface area contributed by atoms with Gasteiger partial charge in [0.25, 0.3) is 0 Å². The maximum absolute atomic E-state index is 14.1. The summed E-state index contributed by atoms with van der Waals surface area (Å²) in [6.45, 7) is 13.0. The van der Waals surface area contributed by atoms with Crippen LogP contribution in [-0.2, 0) is 42.9 Å². The molecule has 1 aliphatic carbocycles. The molecule has 0 aromatic heterocycles. The number of unbranched alkanes of at least 4 members (excludes halogenated alkanes) is 32. The maximum atomic E-state index is 14.1. The molecule has 0 amide bonds. The Morgan fingerprint density at radius 2 is 0.811 bits per heavy atom. The van der Waals surface area contributed by atoms with Crippen molar-refractivity contribution >= 4 is 35.6 Å². The van der Waals surface area contributed by atoms with Crippen molar-refractivity contribution in [2.75, 3.05) is 6.61 Å². The van der Waals surface area contributed by atoms with Crippen LogP contribution in [0.25, 0.3) is 10.4 Å². The summed E-state index contributed by atoms with van der Waals surface area (Å²) in [7, 11) is 0. The topological polar surface area (TPSA) is 163 Å². The molecule has 430 valence electrons. The minimum Gasteiger partial charge on any atom is -0.463 e. The maximum Gasteiger partial charge on any atom is 0.306 e. The lowest BCUT2D eigenvalue weighted by molar-refractivity contribution is -0.239. The van der Waals surface area contributed by atoms with Gasteiger partial charge < -0.3 is 23.7 Å². The van der Waals surface area contributed by atoms with Gasteiger partial charge in [0.1, 0.15) is 18.1 Å². The van der Waals surface area contributed by atoms with Gasteiger partial charge >= 0.3 is 23.9 Å². The number of hydrogen-bond acceptors (Lipinski definition) is 11. The van der Waals surface area contributed by atoms with Crippen LogP contribution < -0.4 is 0 Å². The number of rotatable bonds is 48. The fourth-order valence-corrected chi connectivity index (χ4v) is 12.4. The Balaban J connectivity index is 2.42. The molecule has 0 bridgehead atoms. The van der Waals surface area contributed by atoms with Gasteiger partial charge in [-0.15, -0.1) is 11.8 Å². The molecule has 12 nitrogen and oxygen atoms in total. The smallest absolute Gasteiger partial charge is 0.306 e. The average molecular weight is 1060 g/mol. The minimum atomic E-state index is -1.20. The number of nitrogens with zero attached hydrogens (tertiary/aromatic N) is 3. The highest BCUT2D eigenvalue weighted by atomic mass is 32.2. The Bertz CT molecular complexity index is 1490. The van der Waals surface area contributed by atoms with E-state index >= 15 is 0 Å². The molecule has 2 aliphatic rings. The van der Waals surface area contributed by atoms with Crippen LogP contribution in [-0.4, -0.2) is 71.6 Å². The molecule has 74 heavy (non-hydrogen) atoms. The van der Waals surface area contributed by atoms with Gasteiger partial charge in [0.15, 0.2) is 18.3 Å². The van der Waals surface area contributed by atoms with Crippen molar-refractivity contribution < 1.29 is 42.9 Å². The monoisotopic (exact) mass is 1060 g/mol. The molecule has 0 N–H and O–H groups in total. The van der Waals surface area contributed by atoms with Crippen LogP contribution in [0.15, 0.2) is 5.11 Å². The van der Waals surface area contributed by atoms with E-state index in [-0.39, 0.29) is 55.0 Å². The summed E-state index contributed by atoms with van der Waals surface area (Å²) >= 11 is 1.48. The van der Waals surface area contributed by atoms with Crippen LogP contribution in [0.1, 0.15) is 311 Å². The van der Waals surface area contributed by atoms with Crippen molar-refractivity contribution in [2.24, 2.45) is 10.5 Å². The van der Waals surface area contributed by atoms with E-state index in [9.17, 15) is 24.7 Å². The van der Waals surface area contributed by atoms with Gasteiger partial charge in [-0.25, -0.2) is 0 Å². The van der Waals surface area contributed by atoms with Crippen LogP contribution in [0.3, 0.4) is 0 Å². The Morgan fingerprint density at radius 3 is 1.18 bits per heavy atom. The molecule has 0 aromatic rings. The second-order valence-corrected chi connectivity index (χ2v) is 24.1. The number of carbonyl (C=O) groups is 4. The normalized spacial score (nSPS) is 21.2. The first-order valence-electron chi connectivity index (χ1n) is 31.1. The molecule has 1 heterocycles. The van der Waals surface area contributed by atoms with Crippen LogP contribution in [0.5, 0.6) is 0 Å². The van der Waals surface area contributed by atoms with E-state index in [1.807, 2.05) is 0 Å². The van der Waals surface area contributed by atoms with E-state index in [2.05, 4.69) is 51.6 Å². The molecule has 7 atom stereocenters. The molecular weight excluding hydrogens is 951 g/mol. The van der Waals surface area contributed by atoms with Crippen molar-refractivity contribution in [3.63, 3.8) is 0 Å². The average Bonchev–Trinajstić information content (AvgIpc) is 3.66. The van der Waals surface area contributed by atoms with Gasteiger partial charge in [0, 0.05) is 41.9 Å². The van der Waals surface area contributed by atoms with E-state index in [4.69, 9.17) is 23.7 Å². The first-order valence-corrected chi connectivity index (χ1v) is 32.0. The molecule has 1 saturated heterocycles. The molecule has 0 radical (unpaired) electrons. The summed E-state index contributed by atoms with van der Waals surface area (Å²) in [5.41, 5.74) is 8.26. The summed E-state index contributed by atoms with van der Waals surface area (Å²) in [5.74, 6) is -1.68. The highest BCUT2D eigenvalue weighted by molar-refractivity contribution is 8.00. The highest BCUT2D eigenvalue weighted by Crippen LogP contribution is 2.49. The Kier molecular flexibility index (Phi) is 40.6. The lowest BCUT2D eigenvalue weighted by Crippen LogP contribution is -2.62. The zero-order valence-electron chi connectivity index (χ0n) is 48.4. The van der Waals surface area contributed by atoms with Gasteiger partial charge in [-0.05, 0) is 49.5 Å². The third-order valence-electron chi connectivity index (χ3n) is 15.4. The summed E-state index contributed by atoms with van der Waals surface area (Å²) < 4.78 is 32.2. The SMILES string of the molecule is CCCCCCCCCCCC(=O)OC[C@H]1O[C@@H](S[C@@H]2C[C@@H](N=[N+]=[N-])CC2(C)C)[C@H](OC(=O)CCCCCCCCCCC)[C@@H](OC(=O)CCCCCCCCCCC)[C@H]1OC(=O)CCCCCCCCCCC. The second-order valence-electron chi connectivity index (χ2n) is 22.8. The molecule has 2 rings (SSSR count). The largest absolute Gasteiger partial charge is 0.463 e. The van der Waals surface area contributed by atoms with Gasteiger partial charge in [-0.2, -0.15) is 0 Å². The van der Waals surface area contributed by atoms with Crippen molar-refractivity contribution in [3.05, 3.63) is 10.4 Å².